The third kappa shape index (κ3) is 1.92. The van der Waals surface area contributed by atoms with Crippen molar-refractivity contribution in [3.05, 3.63) is 47.1 Å². The number of aromatic nitrogens is 4. The lowest BCUT2D eigenvalue weighted by molar-refractivity contribution is 0.0689. The van der Waals surface area contributed by atoms with Crippen LogP contribution in [-0.4, -0.2) is 39.3 Å². The minimum Gasteiger partial charge on any atom is -0.370 e. The van der Waals surface area contributed by atoms with Gasteiger partial charge in [0.15, 0.2) is 11.7 Å². The van der Waals surface area contributed by atoms with E-state index in [1.54, 1.807) is 13.3 Å². The van der Waals surface area contributed by atoms with E-state index in [1.165, 1.54) is 0 Å². The van der Waals surface area contributed by atoms with Crippen molar-refractivity contribution >= 4 is 29.3 Å². The maximum atomic E-state index is 6.36. The highest BCUT2D eigenvalue weighted by Gasteiger charge is 2.50. The van der Waals surface area contributed by atoms with Crippen LogP contribution < -0.4 is 10.0 Å². The second-order valence-corrected chi connectivity index (χ2v) is 7.01. The zero-order valence-electron chi connectivity index (χ0n) is 14.3. The second-order valence-electron chi connectivity index (χ2n) is 6.67. The van der Waals surface area contributed by atoms with Gasteiger partial charge in [0.1, 0.15) is 12.3 Å². The van der Waals surface area contributed by atoms with Gasteiger partial charge in [-0.15, -0.1) is 0 Å². The lowest BCUT2D eigenvalue weighted by Gasteiger charge is -2.33. The fourth-order valence-electron chi connectivity index (χ4n) is 3.64. The third-order valence-corrected chi connectivity index (χ3v) is 5.50. The quantitative estimate of drug-likeness (QED) is 0.686. The monoisotopic (exact) mass is 383 g/mol. The lowest BCUT2D eigenvalue weighted by Crippen LogP contribution is -2.45. The number of amidine groups is 1. The number of para-hydroxylation sites is 1. The number of benzene rings is 1. The first-order valence-corrected chi connectivity index (χ1v) is 8.94. The second kappa shape index (κ2) is 5.08. The van der Waals surface area contributed by atoms with Crippen LogP contribution in [0.3, 0.4) is 0 Å². The average molecular weight is 384 g/mol. The first-order valence-electron chi connectivity index (χ1n) is 8.56. The molecule has 3 aromatic rings. The van der Waals surface area contributed by atoms with E-state index in [2.05, 4.69) is 15.1 Å². The van der Waals surface area contributed by atoms with E-state index in [1.807, 2.05) is 38.9 Å². The fourth-order valence-corrected chi connectivity index (χ4v) is 3.87. The molecule has 4 heterocycles. The Bertz CT molecular complexity index is 1100. The summed E-state index contributed by atoms with van der Waals surface area (Å²) in [5.41, 5.74) is 1.49. The predicted octanol–water partition coefficient (Wildman–Crippen LogP) is 2.50. The van der Waals surface area contributed by atoms with Crippen molar-refractivity contribution in [1.82, 2.24) is 19.7 Å². The molecule has 3 aliphatic rings. The van der Waals surface area contributed by atoms with Crippen molar-refractivity contribution < 1.29 is 9.26 Å². The van der Waals surface area contributed by atoms with Gasteiger partial charge >= 0.3 is 6.01 Å². The Morgan fingerprint density at radius 3 is 2.93 bits per heavy atom. The van der Waals surface area contributed by atoms with E-state index in [9.17, 15) is 0 Å². The first kappa shape index (κ1) is 15.2. The van der Waals surface area contributed by atoms with Crippen LogP contribution in [0.1, 0.15) is 24.2 Å². The molecular formula is C17H14ClN7O2. The van der Waals surface area contributed by atoms with Gasteiger partial charge in [0, 0.05) is 12.7 Å². The highest BCUT2D eigenvalue weighted by atomic mass is 35.5. The van der Waals surface area contributed by atoms with Crippen LogP contribution >= 0.6 is 11.6 Å². The molecule has 0 atom stereocenters. The topological polar surface area (TPSA) is 84.8 Å². The van der Waals surface area contributed by atoms with Crippen LogP contribution in [0.5, 0.6) is 0 Å². The van der Waals surface area contributed by atoms with Gasteiger partial charge in [-0.05, 0) is 36.6 Å². The van der Waals surface area contributed by atoms with E-state index < -0.39 is 5.60 Å². The highest BCUT2D eigenvalue weighted by Crippen LogP contribution is 2.48. The SMILES string of the molecule is COC1(c2noc(N3CN=C4c5ccccc5-n5c(cnc5Cl)N43)n2)CC1. The summed E-state index contributed by atoms with van der Waals surface area (Å²) in [5, 5.41) is 8.23. The molecule has 1 aliphatic carbocycles. The van der Waals surface area contributed by atoms with Crippen molar-refractivity contribution in [1.29, 1.82) is 0 Å². The van der Waals surface area contributed by atoms with E-state index in [4.69, 9.17) is 25.9 Å². The minimum absolute atomic E-state index is 0.355. The van der Waals surface area contributed by atoms with E-state index in [-0.39, 0.29) is 0 Å². The van der Waals surface area contributed by atoms with Crippen molar-refractivity contribution in [3.8, 4) is 5.69 Å². The van der Waals surface area contributed by atoms with Crippen LogP contribution in [0.25, 0.3) is 5.69 Å². The third-order valence-electron chi connectivity index (χ3n) is 5.24. The average Bonchev–Trinajstić information content (AvgIpc) is 3.03. The van der Waals surface area contributed by atoms with E-state index >= 15 is 0 Å². The Morgan fingerprint density at radius 2 is 2.11 bits per heavy atom. The molecular weight excluding hydrogens is 370 g/mol. The normalized spacial score (nSPS) is 18.8. The molecule has 10 heteroatoms. The standard InChI is InChI=1S/C17H14ClN7O2/c1-26-17(6-7-17)14-21-16(27-22-14)23-9-20-13-10-4-2-3-5-11(10)24-12(25(13)23)8-19-15(24)18/h2-5,8H,6-7,9H2,1H3. The van der Waals surface area contributed by atoms with Gasteiger partial charge in [-0.3, -0.25) is 4.57 Å². The van der Waals surface area contributed by atoms with Gasteiger partial charge in [-0.25, -0.2) is 20.0 Å². The summed E-state index contributed by atoms with van der Waals surface area (Å²) in [7, 11) is 1.67. The number of hydrogen-bond acceptors (Lipinski definition) is 8. The van der Waals surface area contributed by atoms with Crippen LogP contribution in [-0.2, 0) is 10.3 Å². The molecule has 0 spiro atoms. The molecule has 0 radical (unpaired) electrons. The molecule has 0 amide bonds. The number of ether oxygens (including phenoxy) is 1. The maximum Gasteiger partial charge on any atom is 0.345 e. The first-order chi connectivity index (χ1) is 13.2. The molecule has 1 saturated carbocycles. The lowest BCUT2D eigenvalue weighted by atomic mass is 10.1. The number of nitrogens with zero attached hydrogens (tertiary/aromatic N) is 7. The summed E-state index contributed by atoms with van der Waals surface area (Å²) in [6.07, 6.45) is 3.49. The summed E-state index contributed by atoms with van der Waals surface area (Å²) in [6, 6.07) is 8.29. The number of fused-ring (bicyclic) bond motifs is 6. The Kier molecular flexibility index (Phi) is 2.86. The fraction of sp³-hybridized carbons (Fsp3) is 0.294. The number of hydrogen-bond donors (Lipinski definition) is 0. The number of imidazole rings is 1. The molecule has 0 saturated heterocycles. The largest absolute Gasteiger partial charge is 0.370 e. The minimum atomic E-state index is -0.412. The number of hydrazine groups is 1. The van der Waals surface area contributed by atoms with Gasteiger partial charge in [-0.2, -0.15) is 4.98 Å². The van der Waals surface area contributed by atoms with Gasteiger partial charge in [0.25, 0.3) is 0 Å². The number of rotatable bonds is 3. The van der Waals surface area contributed by atoms with Crippen LogP contribution in [0.2, 0.25) is 5.28 Å². The number of anilines is 2. The van der Waals surface area contributed by atoms with Crippen molar-refractivity contribution in [3.63, 3.8) is 0 Å². The molecule has 2 aliphatic heterocycles. The maximum absolute atomic E-state index is 6.36. The molecule has 0 bridgehead atoms. The van der Waals surface area contributed by atoms with E-state index in [0.717, 1.165) is 35.7 Å². The van der Waals surface area contributed by atoms with E-state index in [0.29, 0.717) is 23.8 Å². The Balaban J connectivity index is 1.46. The van der Waals surface area contributed by atoms with Crippen LogP contribution in [0.4, 0.5) is 11.8 Å². The van der Waals surface area contributed by atoms with Crippen molar-refractivity contribution in [2.75, 3.05) is 23.8 Å². The molecule has 2 aromatic heterocycles. The van der Waals surface area contributed by atoms with Crippen molar-refractivity contribution in [2.24, 2.45) is 4.99 Å². The van der Waals surface area contributed by atoms with Gasteiger partial charge in [-0.1, -0.05) is 17.3 Å². The predicted molar refractivity (Wildman–Crippen MR) is 97.2 cm³/mol. The molecule has 1 fully saturated rings. The summed E-state index contributed by atoms with van der Waals surface area (Å²) >= 11 is 6.36. The van der Waals surface area contributed by atoms with Gasteiger partial charge in [0.05, 0.1) is 11.9 Å². The molecule has 0 N–H and O–H groups in total. The summed E-state index contributed by atoms with van der Waals surface area (Å²) in [6.45, 7) is 0.355. The van der Waals surface area contributed by atoms with Crippen LogP contribution in [0.15, 0.2) is 40.0 Å². The Morgan fingerprint density at radius 1 is 1.26 bits per heavy atom. The zero-order chi connectivity index (χ0) is 18.2. The molecule has 27 heavy (non-hydrogen) atoms. The summed E-state index contributed by atoms with van der Waals surface area (Å²) < 4.78 is 13.0. The molecule has 136 valence electrons. The number of aliphatic imine (C=N–C) groups is 1. The number of halogens is 1. The molecule has 6 rings (SSSR count). The molecule has 9 nitrogen and oxygen atoms in total. The van der Waals surface area contributed by atoms with Gasteiger partial charge in [0.2, 0.25) is 11.1 Å². The highest BCUT2D eigenvalue weighted by molar-refractivity contribution is 6.29. The Labute approximate surface area is 158 Å². The molecule has 1 aromatic carbocycles. The van der Waals surface area contributed by atoms with Crippen LogP contribution in [0, 0.1) is 0 Å². The molecule has 0 unspecified atom stereocenters. The summed E-state index contributed by atoms with van der Waals surface area (Å²) in [4.78, 5) is 13.5. The van der Waals surface area contributed by atoms with Crippen molar-refractivity contribution in [2.45, 2.75) is 18.4 Å². The smallest absolute Gasteiger partial charge is 0.345 e. The summed E-state index contributed by atoms with van der Waals surface area (Å²) in [5.74, 6) is 2.13. The zero-order valence-corrected chi connectivity index (χ0v) is 15.1. The number of methoxy groups -OCH3 is 1. The van der Waals surface area contributed by atoms with Gasteiger partial charge < -0.3 is 9.26 Å². The Hall–Kier alpha value is -2.91.